The van der Waals surface area contributed by atoms with Gasteiger partial charge >= 0.3 is 0 Å². The van der Waals surface area contributed by atoms with Gasteiger partial charge in [-0.05, 0) is 30.2 Å². The Bertz CT molecular complexity index is 372. The maximum Gasteiger partial charge on any atom is 0.0616 e. The largest absolute Gasteiger partial charge is 0.374 e. The fourth-order valence-corrected chi connectivity index (χ4v) is 2.88. The van der Waals surface area contributed by atoms with Crippen molar-refractivity contribution in [3.63, 3.8) is 0 Å². The first-order valence-electron chi connectivity index (χ1n) is 7.99. The van der Waals surface area contributed by atoms with Gasteiger partial charge in [-0.1, -0.05) is 58.0 Å². The fraction of sp³-hybridized carbons (Fsp3) is 0.667. The molecule has 112 valence electrons. The molecule has 0 unspecified atom stereocenters. The summed E-state index contributed by atoms with van der Waals surface area (Å²) in [6, 6.07) is 11.2. The van der Waals surface area contributed by atoms with E-state index >= 15 is 0 Å². The summed E-state index contributed by atoms with van der Waals surface area (Å²) in [6.45, 7) is 10.0. The molecule has 1 aromatic rings. The lowest BCUT2D eigenvalue weighted by molar-refractivity contribution is -0.0995. The molecule has 0 amide bonds. The van der Waals surface area contributed by atoms with Gasteiger partial charge < -0.3 is 10.1 Å². The molecule has 0 aromatic heterocycles. The van der Waals surface area contributed by atoms with Gasteiger partial charge in [-0.15, -0.1) is 0 Å². The third kappa shape index (κ3) is 4.32. The van der Waals surface area contributed by atoms with Crippen molar-refractivity contribution < 1.29 is 4.74 Å². The van der Waals surface area contributed by atoms with Gasteiger partial charge in [0.15, 0.2) is 0 Å². The van der Waals surface area contributed by atoms with E-state index in [9.17, 15) is 0 Å². The van der Waals surface area contributed by atoms with E-state index in [2.05, 4.69) is 63.3 Å². The molecule has 0 radical (unpaired) electrons. The number of nitrogens with one attached hydrogen (secondary N) is 1. The van der Waals surface area contributed by atoms with E-state index in [-0.39, 0.29) is 0 Å². The van der Waals surface area contributed by atoms with Crippen LogP contribution in [0.2, 0.25) is 0 Å². The first-order chi connectivity index (χ1) is 9.56. The molecule has 1 N–H and O–H groups in total. The average molecular weight is 275 g/mol. The van der Waals surface area contributed by atoms with Gasteiger partial charge in [0.25, 0.3) is 0 Å². The van der Waals surface area contributed by atoms with Crippen molar-refractivity contribution in [2.75, 3.05) is 0 Å². The molecular formula is C18H29NO. The summed E-state index contributed by atoms with van der Waals surface area (Å²) in [4.78, 5) is 0. The second-order valence-corrected chi connectivity index (χ2v) is 6.74. The number of ether oxygens (including phenoxy) is 1. The summed E-state index contributed by atoms with van der Waals surface area (Å²) < 4.78 is 6.25. The van der Waals surface area contributed by atoms with Crippen molar-refractivity contribution in [2.24, 2.45) is 11.8 Å². The lowest BCUT2D eigenvalue weighted by atomic mass is 9.88. The first-order valence-corrected chi connectivity index (χ1v) is 7.99. The Balaban J connectivity index is 1.92. The Morgan fingerprint density at radius 2 is 1.55 bits per heavy atom. The Morgan fingerprint density at radius 3 is 2.05 bits per heavy atom. The van der Waals surface area contributed by atoms with Crippen LogP contribution in [0.25, 0.3) is 0 Å². The summed E-state index contributed by atoms with van der Waals surface area (Å²) >= 11 is 0. The maximum atomic E-state index is 6.25. The summed E-state index contributed by atoms with van der Waals surface area (Å²) in [7, 11) is 0. The third-order valence-electron chi connectivity index (χ3n) is 4.31. The van der Waals surface area contributed by atoms with Crippen LogP contribution in [0.5, 0.6) is 0 Å². The van der Waals surface area contributed by atoms with Crippen LogP contribution in [-0.2, 0) is 11.3 Å². The molecule has 2 rings (SSSR count). The topological polar surface area (TPSA) is 21.3 Å². The van der Waals surface area contributed by atoms with Crippen LogP contribution in [0.1, 0.15) is 46.1 Å². The molecule has 0 saturated carbocycles. The predicted molar refractivity (Wildman–Crippen MR) is 84.6 cm³/mol. The second kappa shape index (κ2) is 7.24. The van der Waals surface area contributed by atoms with Gasteiger partial charge in [0, 0.05) is 12.6 Å². The third-order valence-corrected chi connectivity index (χ3v) is 4.31. The van der Waals surface area contributed by atoms with E-state index in [1.165, 1.54) is 5.56 Å². The molecule has 20 heavy (non-hydrogen) atoms. The van der Waals surface area contributed by atoms with Gasteiger partial charge in [0.1, 0.15) is 0 Å². The molecule has 1 saturated heterocycles. The lowest BCUT2D eigenvalue weighted by Gasteiger charge is -2.39. The van der Waals surface area contributed by atoms with Gasteiger partial charge in [-0.2, -0.15) is 0 Å². The molecule has 2 atom stereocenters. The first kappa shape index (κ1) is 15.5. The Labute approximate surface area is 123 Å². The van der Waals surface area contributed by atoms with Crippen LogP contribution >= 0.6 is 0 Å². The minimum Gasteiger partial charge on any atom is -0.374 e. The number of benzene rings is 1. The van der Waals surface area contributed by atoms with E-state index < -0.39 is 0 Å². The van der Waals surface area contributed by atoms with Crippen molar-refractivity contribution in [1.82, 2.24) is 5.32 Å². The van der Waals surface area contributed by atoms with Crippen molar-refractivity contribution in [3.05, 3.63) is 35.9 Å². The van der Waals surface area contributed by atoms with Gasteiger partial charge in [-0.25, -0.2) is 0 Å². The summed E-state index contributed by atoms with van der Waals surface area (Å²) in [5, 5.41) is 3.73. The molecule has 0 spiro atoms. The molecule has 1 heterocycles. The zero-order valence-electron chi connectivity index (χ0n) is 13.3. The average Bonchev–Trinajstić information content (AvgIpc) is 2.45. The second-order valence-electron chi connectivity index (χ2n) is 6.74. The van der Waals surface area contributed by atoms with E-state index in [0.29, 0.717) is 30.1 Å². The smallest absolute Gasteiger partial charge is 0.0616 e. The van der Waals surface area contributed by atoms with Crippen molar-refractivity contribution in [2.45, 2.75) is 65.3 Å². The van der Waals surface area contributed by atoms with Crippen LogP contribution in [0.3, 0.4) is 0 Å². The highest BCUT2D eigenvalue weighted by Gasteiger charge is 2.32. The Kier molecular flexibility index (Phi) is 5.62. The molecule has 0 aliphatic carbocycles. The van der Waals surface area contributed by atoms with Crippen LogP contribution < -0.4 is 5.32 Å². The fourth-order valence-electron chi connectivity index (χ4n) is 2.88. The molecule has 2 nitrogen and oxygen atoms in total. The monoisotopic (exact) mass is 275 g/mol. The molecule has 1 fully saturated rings. The zero-order chi connectivity index (χ0) is 14.5. The minimum atomic E-state index is 0.393. The zero-order valence-corrected chi connectivity index (χ0v) is 13.3. The molecule has 1 aliphatic rings. The number of hydrogen-bond donors (Lipinski definition) is 1. The molecule has 2 heteroatoms. The quantitative estimate of drug-likeness (QED) is 0.877. The van der Waals surface area contributed by atoms with Crippen LogP contribution in [0, 0.1) is 11.8 Å². The molecular weight excluding hydrogens is 246 g/mol. The highest BCUT2D eigenvalue weighted by Crippen LogP contribution is 2.28. The van der Waals surface area contributed by atoms with E-state index in [4.69, 9.17) is 4.74 Å². The summed E-state index contributed by atoms with van der Waals surface area (Å²) in [6.07, 6.45) is 3.05. The minimum absolute atomic E-state index is 0.393. The Hall–Kier alpha value is -0.860. The van der Waals surface area contributed by atoms with Crippen LogP contribution in [0.4, 0.5) is 0 Å². The van der Waals surface area contributed by atoms with Crippen LogP contribution in [-0.4, -0.2) is 18.2 Å². The Morgan fingerprint density at radius 1 is 1.00 bits per heavy atom. The normalized spacial score (nSPS) is 27.2. The number of rotatable bonds is 5. The van der Waals surface area contributed by atoms with Crippen molar-refractivity contribution in [1.29, 1.82) is 0 Å². The lowest BCUT2D eigenvalue weighted by Crippen LogP contribution is -2.46. The molecule has 0 bridgehead atoms. The SMILES string of the molecule is CC(C)[C@@H]1CC(NCc2ccccc2)C[C@@H](C(C)C)O1. The van der Waals surface area contributed by atoms with E-state index in [1.54, 1.807) is 0 Å². The van der Waals surface area contributed by atoms with E-state index in [1.807, 2.05) is 0 Å². The van der Waals surface area contributed by atoms with E-state index in [0.717, 1.165) is 19.4 Å². The summed E-state index contributed by atoms with van der Waals surface area (Å²) in [5.74, 6) is 1.19. The van der Waals surface area contributed by atoms with Gasteiger partial charge in [0.2, 0.25) is 0 Å². The summed E-state index contributed by atoms with van der Waals surface area (Å²) in [5.41, 5.74) is 1.36. The van der Waals surface area contributed by atoms with Gasteiger partial charge in [-0.3, -0.25) is 0 Å². The van der Waals surface area contributed by atoms with Crippen molar-refractivity contribution in [3.8, 4) is 0 Å². The molecule has 1 aliphatic heterocycles. The van der Waals surface area contributed by atoms with Gasteiger partial charge in [0.05, 0.1) is 12.2 Å². The standard InChI is InChI=1S/C18H29NO/c1-13(2)17-10-16(11-18(20-17)14(3)4)19-12-15-8-6-5-7-9-15/h5-9,13-14,16-19H,10-12H2,1-4H3/t17-,18-/m0/s1. The maximum absolute atomic E-state index is 6.25. The number of hydrogen-bond acceptors (Lipinski definition) is 2. The van der Waals surface area contributed by atoms with Crippen LogP contribution in [0.15, 0.2) is 30.3 Å². The van der Waals surface area contributed by atoms with Crippen molar-refractivity contribution >= 4 is 0 Å². The molecule has 1 aromatic carbocycles. The highest BCUT2D eigenvalue weighted by molar-refractivity contribution is 5.14. The highest BCUT2D eigenvalue weighted by atomic mass is 16.5. The predicted octanol–water partition coefficient (Wildman–Crippen LogP) is 4.00.